The Morgan fingerprint density at radius 1 is 1.06 bits per heavy atom. The average molecular weight is 466 g/mol. The molecular weight excluding hydrogens is 430 g/mol. The van der Waals surface area contributed by atoms with Gasteiger partial charge in [0.25, 0.3) is 0 Å². The highest BCUT2D eigenvalue weighted by atomic mass is 16.6. The maximum absolute atomic E-state index is 13.2. The summed E-state index contributed by atoms with van der Waals surface area (Å²) in [6.07, 6.45) is 4.91. The van der Waals surface area contributed by atoms with Gasteiger partial charge >= 0.3 is 12.1 Å². The molecule has 1 fully saturated rings. The highest BCUT2D eigenvalue weighted by Gasteiger charge is 2.51. The molecule has 182 valence electrons. The van der Waals surface area contributed by atoms with Crippen molar-refractivity contribution in [1.29, 1.82) is 0 Å². The summed E-state index contributed by atoms with van der Waals surface area (Å²) in [5.74, 6) is -0.353. The predicted octanol–water partition coefficient (Wildman–Crippen LogP) is 6.38. The van der Waals surface area contributed by atoms with Crippen LogP contribution >= 0.6 is 0 Å². The molecule has 1 amide bonds. The number of amides is 1. The summed E-state index contributed by atoms with van der Waals surface area (Å²) >= 11 is 0. The molecule has 0 saturated carbocycles. The van der Waals surface area contributed by atoms with E-state index in [1.54, 1.807) is 17.0 Å². The number of allylic oxidation sites excluding steroid dienone is 1. The van der Waals surface area contributed by atoms with Gasteiger partial charge in [-0.1, -0.05) is 54.6 Å². The largest absolute Gasteiger partial charge is 0.465 e. The lowest BCUT2D eigenvalue weighted by Gasteiger charge is -2.35. The summed E-state index contributed by atoms with van der Waals surface area (Å²) in [6.45, 7) is 9.42. The molecule has 1 aliphatic rings. The van der Waals surface area contributed by atoms with Crippen LogP contribution < -0.4 is 0 Å². The molecular formula is C28H35NO5. The number of hydrogen-bond donors (Lipinski definition) is 0. The Balaban J connectivity index is 1.78. The number of benzene rings is 2. The highest BCUT2D eigenvalue weighted by molar-refractivity contribution is 5.89. The molecule has 6 nitrogen and oxygen atoms in total. The summed E-state index contributed by atoms with van der Waals surface area (Å²) in [5, 5.41) is 0. The SMILES string of the molecule is COC(=O)c1ccc(/C=C\CC[C@@H]2[C@@H](c3ccccc3)OC(C)(C)N2C(=O)OC(C)(C)C)cc1. The van der Waals surface area contributed by atoms with Gasteiger partial charge in [0.15, 0.2) is 0 Å². The minimum atomic E-state index is -0.805. The van der Waals surface area contributed by atoms with Gasteiger partial charge in [-0.05, 0) is 70.7 Å². The lowest BCUT2D eigenvalue weighted by molar-refractivity contribution is -0.0796. The molecule has 34 heavy (non-hydrogen) atoms. The van der Waals surface area contributed by atoms with Crippen LogP contribution in [0.1, 0.15) is 75.0 Å². The van der Waals surface area contributed by atoms with Gasteiger partial charge in [-0.2, -0.15) is 0 Å². The summed E-state index contributed by atoms with van der Waals surface area (Å²) in [5.41, 5.74) is 1.14. The molecule has 2 atom stereocenters. The molecule has 0 radical (unpaired) electrons. The summed E-state index contributed by atoms with van der Waals surface area (Å²) in [6, 6.07) is 17.1. The Morgan fingerprint density at radius 3 is 2.29 bits per heavy atom. The Hall–Kier alpha value is -3.12. The third-order valence-corrected chi connectivity index (χ3v) is 5.67. The molecule has 2 aromatic carbocycles. The third kappa shape index (κ3) is 6.26. The lowest BCUT2D eigenvalue weighted by Crippen LogP contribution is -2.49. The smallest absolute Gasteiger partial charge is 0.412 e. The first-order valence-electron chi connectivity index (χ1n) is 11.6. The Labute approximate surface area is 202 Å². The Bertz CT molecular complexity index is 1010. The minimum Gasteiger partial charge on any atom is -0.465 e. The van der Waals surface area contributed by atoms with Crippen molar-refractivity contribution in [3.63, 3.8) is 0 Å². The number of rotatable bonds is 6. The second kappa shape index (κ2) is 10.4. The van der Waals surface area contributed by atoms with Crippen LogP contribution in [0.2, 0.25) is 0 Å². The van der Waals surface area contributed by atoms with E-state index < -0.39 is 11.3 Å². The molecule has 1 heterocycles. The maximum atomic E-state index is 13.2. The van der Waals surface area contributed by atoms with Crippen molar-refractivity contribution in [3.8, 4) is 0 Å². The lowest BCUT2D eigenvalue weighted by atomic mass is 9.97. The topological polar surface area (TPSA) is 65.1 Å². The van der Waals surface area contributed by atoms with Crippen LogP contribution in [0.25, 0.3) is 6.08 Å². The summed E-state index contributed by atoms with van der Waals surface area (Å²) in [4.78, 5) is 26.6. The van der Waals surface area contributed by atoms with Gasteiger partial charge < -0.3 is 14.2 Å². The summed E-state index contributed by atoms with van der Waals surface area (Å²) < 4.78 is 16.9. The van der Waals surface area contributed by atoms with Crippen molar-refractivity contribution in [2.24, 2.45) is 0 Å². The number of carbonyl (C=O) groups excluding carboxylic acids is 2. The Kier molecular flexibility index (Phi) is 7.82. The van der Waals surface area contributed by atoms with E-state index in [0.29, 0.717) is 12.0 Å². The van der Waals surface area contributed by atoms with E-state index in [0.717, 1.165) is 17.5 Å². The number of esters is 1. The molecule has 0 N–H and O–H groups in total. The molecule has 1 saturated heterocycles. The number of ether oxygens (including phenoxy) is 3. The second-order valence-corrected chi connectivity index (χ2v) is 9.91. The molecule has 0 bridgehead atoms. The zero-order valence-electron chi connectivity index (χ0n) is 20.9. The van der Waals surface area contributed by atoms with E-state index in [1.807, 2.05) is 83.2 Å². The molecule has 6 heteroatoms. The van der Waals surface area contributed by atoms with Crippen molar-refractivity contribution < 1.29 is 23.8 Å². The van der Waals surface area contributed by atoms with Gasteiger partial charge in [-0.15, -0.1) is 0 Å². The van der Waals surface area contributed by atoms with E-state index in [2.05, 4.69) is 6.08 Å². The van der Waals surface area contributed by atoms with E-state index in [9.17, 15) is 9.59 Å². The van der Waals surface area contributed by atoms with E-state index in [1.165, 1.54) is 7.11 Å². The first-order valence-corrected chi connectivity index (χ1v) is 11.6. The molecule has 0 unspecified atom stereocenters. The maximum Gasteiger partial charge on any atom is 0.412 e. The van der Waals surface area contributed by atoms with E-state index in [4.69, 9.17) is 14.2 Å². The van der Waals surface area contributed by atoms with Crippen LogP contribution in [0.5, 0.6) is 0 Å². The van der Waals surface area contributed by atoms with Gasteiger partial charge in [0.2, 0.25) is 0 Å². The second-order valence-electron chi connectivity index (χ2n) is 9.91. The van der Waals surface area contributed by atoms with Gasteiger partial charge in [-0.25, -0.2) is 9.59 Å². The standard InChI is InChI=1S/C28H35NO5/c1-27(2,3)34-26(31)29-23(24(33-28(29,4)5)21-13-8-7-9-14-21)15-11-10-12-20-16-18-22(19-17-20)25(30)32-6/h7-10,12-14,16-19,23-24H,11,15H2,1-6H3/b12-10-/t23-,24-/m1/s1. The molecule has 1 aliphatic heterocycles. The molecule has 0 aliphatic carbocycles. The third-order valence-electron chi connectivity index (χ3n) is 5.67. The van der Waals surface area contributed by atoms with Gasteiger partial charge in [0, 0.05) is 0 Å². The van der Waals surface area contributed by atoms with Crippen molar-refractivity contribution in [2.75, 3.05) is 7.11 Å². The van der Waals surface area contributed by atoms with Gasteiger partial charge in [0.1, 0.15) is 17.4 Å². The molecule has 0 spiro atoms. The monoisotopic (exact) mass is 465 g/mol. The van der Waals surface area contributed by atoms with Crippen molar-refractivity contribution in [2.45, 2.75) is 70.9 Å². The van der Waals surface area contributed by atoms with Crippen LogP contribution in [0.3, 0.4) is 0 Å². The Morgan fingerprint density at radius 2 is 1.71 bits per heavy atom. The fourth-order valence-corrected chi connectivity index (χ4v) is 4.20. The van der Waals surface area contributed by atoms with Crippen molar-refractivity contribution in [3.05, 3.63) is 77.4 Å². The van der Waals surface area contributed by atoms with Crippen LogP contribution in [0.15, 0.2) is 60.7 Å². The number of hydrogen-bond acceptors (Lipinski definition) is 5. The van der Waals surface area contributed by atoms with Crippen LogP contribution in [0, 0.1) is 0 Å². The fourth-order valence-electron chi connectivity index (χ4n) is 4.20. The fraction of sp³-hybridized carbons (Fsp3) is 0.429. The predicted molar refractivity (Wildman–Crippen MR) is 132 cm³/mol. The van der Waals surface area contributed by atoms with Gasteiger partial charge in [0.05, 0.1) is 18.7 Å². The number of nitrogens with zero attached hydrogens (tertiary/aromatic N) is 1. The highest BCUT2D eigenvalue weighted by Crippen LogP contribution is 2.43. The molecule has 0 aromatic heterocycles. The first-order chi connectivity index (χ1) is 16.0. The molecule has 3 rings (SSSR count). The number of carbonyl (C=O) groups is 2. The zero-order chi connectivity index (χ0) is 24.9. The average Bonchev–Trinajstić information content (AvgIpc) is 3.06. The van der Waals surface area contributed by atoms with Crippen LogP contribution in [-0.2, 0) is 14.2 Å². The van der Waals surface area contributed by atoms with Crippen molar-refractivity contribution >= 4 is 18.1 Å². The minimum absolute atomic E-state index is 0.182. The number of methoxy groups -OCH3 is 1. The van der Waals surface area contributed by atoms with Crippen LogP contribution in [-0.4, -0.2) is 41.4 Å². The first kappa shape index (κ1) is 25.5. The van der Waals surface area contributed by atoms with Gasteiger partial charge in [-0.3, -0.25) is 4.90 Å². The quantitative estimate of drug-likeness (QED) is 0.463. The normalized spacial score (nSPS) is 19.9. The summed E-state index contributed by atoms with van der Waals surface area (Å²) in [7, 11) is 1.37. The van der Waals surface area contributed by atoms with E-state index in [-0.39, 0.29) is 24.2 Å². The van der Waals surface area contributed by atoms with E-state index >= 15 is 0 Å². The molecule has 2 aromatic rings. The zero-order valence-corrected chi connectivity index (χ0v) is 20.9. The van der Waals surface area contributed by atoms with Crippen molar-refractivity contribution in [1.82, 2.24) is 4.90 Å². The van der Waals surface area contributed by atoms with Crippen LogP contribution in [0.4, 0.5) is 4.79 Å².